The normalized spacial score (nSPS) is 9.40. The molecule has 1 heterocycles. The van der Waals surface area contributed by atoms with E-state index in [4.69, 9.17) is 17.0 Å². The van der Waals surface area contributed by atoms with Gasteiger partial charge in [0.2, 0.25) is 0 Å². The molecule has 2 nitrogen and oxygen atoms in total. The molecule has 0 saturated heterocycles. The third-order valence-corrected chi connectivity index (χ3v) is 2.31. The van der Waals surface area contributed by atoms with Crippen LogP contribution in [0.3, 0.4) is 0 Å². The van der Waals surface area contributed by atoms with E-state index in [1.807, 2.05) is 0 Å². The van der Waals surface area contributed by atoms with Crippen LogP contribution in [-0.4, -0.2) is 12.1 Å². The van der Waals surface area contributed by atoms with Gasteiger partial charge in [0.25, 0.3) is 0 Å². The van der Waals surface area contributed by atoms with Gasteiger partial charge in [-0.3, -0.25) is 0 Å². The molecular weight excluding hydrogens is 214 g/mol. The predicted molar refractivity (Wildman–Crippen MR) is 45.9 cm³/mol. The van der Waals surface area contributed by atoms with Crippen molar-refractivity contribution in [3.05, 3.63) is 21.2 Å². The number of pyridine rings is 1. The first-order valence-corrected chi connectivity index (χ1v) is 3.86. The quantitative estimate of drug-likeness (QED) is 0.735. The van der Waals surface area contributed by atoms with Gasteiger partial charge in [-0.1, -0.05) is 12.2 Å². The van der Waals surface area contributed by atoms with Crippen molar-refractivity contribution in [3.63, 3.8) is 0 Å². The molecule has 0 aliphatic heterocycles. The molecule has 0 radical (unpaired) electrons. The van der Waals surface area contributed by atoms with Crippen molar-refractivity contribution < 1.29 is 4.74 Å². The molecule has 0 aromatic carbocycles. The second-order valence-corrected chi connectivity index (χ2v) is 3.01. The Hall–Kier alpha value is -0.350. The van der Waals surface area contributed by atoms with E-state index in [-0.39, 0.29) is 0 Å². The molecule has 0 amide bonds. The number of ether oxygens (including phenoxy) is 1. The van der Waals surface area contributed by atoms with Crippen LogP contribution in [0.15, 0.2) is 16.7 Å². The summed E-state index contributed by atoms with van der Waals surface area (Å²) in [6, 6.07) is 1.75. The molecule has 10 heavy (non-hydrogen) atoms. The Kier molecular flexibility index (Phi) is 2.45. The van der Waals surface area contributed by atoms with E-state index in [1.165, 1.54) is 0 Å². The smallest absolute Gasteiger partial charge is 0.191 e. The fourth-order valence-corrected chi connectivity index (χ4v) is 0.948. The Balaban J connectivity index is 3.17. The van der Waals surface area contributed by atoms with E-state index >= 15 is 0 Å². The molecule has 0 aliphatic rings. The minimum atomic E-state index is 0.674. The first-order chi connectivity index (χ1) is 4.74. The highest BCUT2D eigenvalue weighted by atomic mass is 79.9. The monoisotopic (exact) mass is 219 g/mol. The minimum Gasteiger partial charge on any atom is -0.482 e. The lowest BCUT2D eigenvalue weighted by atomic mass is 10.5. The number of aromatic nitrogens is 1. The number of rotatable bonds is 1. The second kappa shape index (κ2) is 3.16. The lowest BCUT2D eigenvalue weighted by Crippen LogP contribution is -1.85. The van der Waals surface area contributed by atoms with Crippen LogP contribution in [0.2, 0.25) is 0 Å². The molecule has 0 atom stereocenters. The highest BCUT2D eigenvalue weighted by molar-refractivity contribution is 9.10. The van der Waals surface area contributed by atoms with Gasteiger partial charge in [-0.15, -0.1) is 0 Å². The Labute approximate surface area is 72.4 Å². The van der Waals surface area contributed by atoms with Crippen LogP contribution in [0.4, 0.5) is 0 Å². The molecule has 1 N–H and O–H groups in total. The topological polar surface area (TPSA) is 25.0 Å². The van der Waals surface area contributed by atoms with E-state index in [2.05, 4.69) is 20.9 Å². The van der Waals surface area contributed by atoms with Gasteiger partial charge in [0.15, 0.2) is 5.88 Å². The van der Waals surface area contributed by atoms with Crippen LogP contribution >= 0.6 is 28.1 Å². The van der Waals surface area contributed by atoms with Crippen molar-refractivity contribution in [2.24, 2.45) is 0 Å². The Morgan fingerprint density at radius 1 is 1.70 bits per heavy atom. The predicted octanol–water partition coefficient (Wildman–Crippen LogP) is 2.52. The molecule has 1 aromatic heterocycles. The molecular formula is C6H6BrNOS. The summed E-state index contributed by atoms with van der Waals surface area (Å²) in [6.07, 6.45) is 1.75. The number of hydrogen-bond acceptors (Lipinski definition) is 2. The van der Waals surface area contributed by atoms with Crippen molar-refractivity contribution in [2.75, 3.05) is 7.11 Å². The van der Waals surface area contributed by atoms with E-state index < -0.39 is 0 Å². The third kappa shape index (κ3) is 1.58. The fraction of sp³-hybridized carbons (Fsp3) is 0.167. The van der Waals surface area contributed by atoms with Crippen LogP contribution < -0.4 is 4.74 Å². The average Bonchev–Trinajstić information content (AvgIpc) is 1.95. The molecule has 1 rings (SSSR count). The summed E-state index contributed by atoms with van der Waals surface area (Å²) in [5.74, 6) is 0.674. The summed E-state index contributed by atoms with van der Waals surface area (Å²) >= 11 is 8.23. The Morgan fingerprint density at radius 2 is 2.40 bits per heavy atom. The summed E-state index contributed by atoms with van der Waals surface area (Å²) in [6.45, 7) is 0. The van der Waals surface area contributed by atoms with Crippen LogP contribution in [0.5, 0.6) is 5.88 Å². The molecule has 4 heteroatoms. The van der Waals surface area contributed by atoms with Gasteiger partial charge in [0.1, 0.15) is 0 Å². The number of aromatic amines is 1. The minimum absolute atomic E-state index is 0.674. The van der Waals surface area contributed by atoms with Crippen molar-refractivity contribution in [1.29, 1.82) is 0 Å². The summed E-state index contributed by atoms with van der Waals surface area (Å²) in [5.41, 5.74) is 0. The third-order valence-electron chi connectivity index (χ3n) is 1.06. The molecule has 1 aromatic rings. The molecule has 54 valence electrons. The van der Waals surface area contributed by atoms with Gasteiger partial charge in [0.05, 0.1) is 16.1 Å². The van der Waals surface area contributed by atoms with Gasteiger partial charge in [0, 0.05) is 12.3 Å². The second-order valence-electron chi connectivity index (χ2n) is 1.71. The number of hydrogen-bond donors (Lipinski definition) is 1. The Morgan fingerprint density at radius 3 is 2.90 bits per heavy atom. The largest absolute Gasteiger partial charge is 0.482 e. The van der Waals surface area contributed by atoms with Crippen molar-refractivity contribution in [2.45, 2.75) is 0 Å². The SMILES string of the molecule is COc1cc(=S)c(Br)c[nH]1. The van der Waals surface area contributed by atoms with Gasteiger partial charge in [-0.05, 0) is 15.9 Å². The van der Waals surface area contributed by atoms with E-state index in [0.29, 0.717) is 5.88 Å². The van der Waals surface area contributed by atoms with Crippen LogP contribution in [0.25, 0.3) is 0 Å². The summed E-state index contributed by atoms with van der Waals surface area (Å²) in [5, 5.41) is 0. The number of methoxy groups -OCH3 is 1. The maximum atomic E-state index is 4.96. The number of nitrogens with one attached hydrogen (secondary N) is 1. The highest BCUT2D eigenvalue weighted by Crippen LogP contribution is 2.14. The van der Waals surface area contributed by atoms with Gasteiger partial charge < -0.3 is 9.72 Å². The molecule has 0 unspecified atom stereocenters. The molecule has 0 bridgehead atoms. The molecule has 0 aliphatic carbocycles. The van der Waals surface area contributed by atoms with E-state index in [1.54, 1.807) is 19.4 Å². The van der Waals surface area contributed by atoms with Gasteiger partial charge in [-0.25, -0.2) is 0 Å². The molecule has 0 fully saturated rings. The lowest BCUT2D eigenvalue weighted by molar-refractivity contribution is 0.397. The first-order valence-electron chi connectivity index (χ1n) is 2.66. The maximum absolute atomic E-state index is 4.96. The van der Waals surface area contributed by atoms with Crippen LogP contribution in [0, 0.1) is 4.51 Å². The zero-order chi connectivity index (χ0) is 7.56. The summed E-state index contributed by atoms with van der Waals surface area (Å²) in [7, 11) is 1.59. The standard InChI is InChI=1S/C6H6BrNOS/c1-9-6-2-5(10)4(7)3-8-6/h2-3H,1H3,(H,8,10). The fourth-order valence-electron chi connectivity index (χ4n) is 0.553. The molecule has 0 saturated carbocycles. The lowest BCUT2D eigenvalue weighted by Gasteiger charge is -1.97. The molecule has 0 spiro atoms. The summed E-state index contributed by atoms with van der Waals surface area (Å²) in [4.78, 5) is 2.89. The first kappa shape index (κ1) is 7.75. The van der Waals surface area contributed by atoms with Crippen LogP contribution in [0.1, 0.15) is 0 Å². The van der Waals surface area contributed by atoms with Crippen LogP contribution in [-0.2, 0) is 0 Å². The van der Waals surface area contributed by atoms with Crippen molar-refractivity contribution in [1.82, 2.24) is 4.98 Å². The number of H-pyrrole nitrogens is 1. The van der Waals surface area contributed by atoms with Crippen molar-refractivity contribution in [3.8, 4) is 5.88 Å². The van der Waals surface area contributed by atoms with Gasteiger partial charge >= 0.3 is 0 Å². The van der Waals surface area contributed by atoms with Crippen molar-refractivity contribution >= 4 is 28.1 Å². The van der Waals surface area contributed by atoms with E-state index in [0.717, 1.165) is 8.98 Å². The van der Waals surface area contributed by atoms with E-state index in [9.17, 15) is 0 Å². The highest BCUT2D eigenvalue weighted by Gasteiger charge is 1.92. The van der Waals surface area contributed by atoms with Gasteiger partial charge in [-0.2, -0.15) is 0 Å². The average molecular weight is 220 g/mol. The maximum Gasteiger partial charge on any atom is 0.191 e. The number of halogens is 1. The Bertz CT molecular complexity index is 283. The zero-order valence-electron chi connectivity index (χ0n) is 5.35. The zero-order valence-corrected chi connectivity index (χ0v) is 7.75. The summed E-state index contributed by atoms with van der Waals surface area (Å²) < 4.78 is 6.53.